The molecule has 0 unspecified atom stereocenters. The van der Waals surface area contributed by atoms with Crippen molar-refractivity contribution in [3.05, 3.63) is 102 Å². The number of benzene rings is 4. The van der Waals surface area contributed by atoms with E-state index < -0.39 is 0 Å². The number of anilines is 2. The summed E-state index contributed by atoms with van der Waals surface area (Å²) in [5.41, 5.74) is 17.3. The first kappa shape index (κ1) is 26.9. The van der Waals surface area contributed by atoms with Gasteiger partial charge in [-0.2, -0.15) is 0 Å². The van der Waals surface area contributed by atoms with Crippen molar-refractivity contribution in [1.29, 1.82) is 0 Å². The van der Waals surface area contributed by atoms with Crippen molar-refractivity contribution >= 4 is 28.4 Å². The third kappa shape index (κ3) is 6.82. The van der Waals surface area contributed by atoms with Gasteiger partial charge in [-0.05, 0) is 48.5 Å². The van der Waals surface area contributed by atoms with Gasteiger partial charge in [0.05, 0.1) is 73.0 Å². The molecule has 0 fully saturated rings. The first-order chi connectivity index (χ1) is 19.7. The molecule has 0 atom stereocenters. The highest BCUT2D eigenvalue weighted by Gasteiger charge is 2.16. The van der Waals surface area contributed by atoms with Crippen LogP contribution in [0.5, 0.6) is 0 Å². The smallest absolute Gasteiger partial charge is 0.185 e. The fourth-order valence-corrected chi connectivity index (χ4v) is 4.40. The summed E-state index contributed by atoms with van der Waals surface area (Å²) in [6.45, 7) is 2.77. The summed E-state index contributed by atoms with van der Waals surface area (Å²) >= 11 is 0. The molecule has 40 heavy (non-hydrogen) atoms. The van der Waals surface area contributed by atoms with Crippen LogP contribution in [0.25, 0.3) is 28.1 Å². The quantitative estimate of drug-likeness (QED) is 0.0957. The van der Waals surface area contributed by atoms with Crippen LogP contribution < -0.4 is 22.1 Å². The van der Waals surface area contributed by atoms with E-state index in [1.807, 2.05) is 66.7 Å². The van der Waals surface area contributed by atoms with E-state index in [4.69, 9.17) is 30.9 Å². The van der Waals surface area contributed by atoms with Gasteiger partial charge in [0.25, 0.3) is 0 Å². The zero-order valence-corrected chi connectivity index (χ0v) is 22.2. The summed E-state index contributed by atoms with van der Waals surface area (Å²) in [7, 11) is 0. The van der Waals surface area contributed by atoms with Gasteiger partial charge in [0.15, 0.2) is 5.96 Å². The molecular weight excluding hydrogens is 502 g/mol. The summed E-state index contributed by atoms with van der Waals surface area (Å²) in [6, 6.07) is 32.7. The van der Waals surface area contributed by atoms with Gasteiger partial charge in [-0.15, -0.1) is 0 Å². The van der Waals surface area contributed by atoms with Crippen LogP contribution in [0.3, 0.4) is 0 Å². The van der Waals surface area contributed by atoms with Gasteiger partial charge in [0, 0.05) is 11.4 Å². The molecular formula is C31H33N7O2. The number of nitrogens with two attached hydrogens (primary N) is 2. The first-order valence-electron chi connectivity index (χ1n) is 13.2. The van der Waals surface area contributed by atoms with Crippen molar-refractivity contribution in [1.82, 2.24) is 9.55 Å². The second-order valence-corrected chi connectivity index (χ2v) is 9.03. The van der Waals surface area contributed by atoms with E-state index >= 15 is 0 Å². The Morgan fingerprint density at radius 2 is 1.45 bits per heavy atom. The van der Waals surface area contributed by atoms with Crippen LogP contribution in [0.2, 0.25) is 0 Å². The Balaban J connectivity index is 1.44. The maximum Gasteiger partial charge on any atom is 0.185 e. The standard InChI is InChI=1S/C31H33N7O2/c32-31(33)35-16-18-40-20-19-39-17-15-34-26-22-30-28(21-27(26)36-23-9-3-1-4-10-23)37-25-13-7-8-14-29(25)38(30)24-11-5-2-6-12-24/h1-14,21-22,36H,15-20H2,(H4,32,33,35). The van der Waals surface area contributed by atoms with Gasteiger partial charge in [-0.1, -0.05) is 48.5 Å². The lowest BCUT2D eigenvalue weighted by atomic mass is 10.1. The summed E-state index contributed by atoms with van der Waals surface area (Å²) in [6.07, 6.45) is 0. The third-order valence-corrected chi connectivity index (χ3v) is 6.18. The van der Waals surface area contributed by atoms with E-state index in [9.17, 15) is 0 Å². The van der Waals surface area contributed by atoms with E-state index in [0.717, 1.165) is 44.8 Å². The third-order valence-electron chi connectivity index (χ3n) is 6.18. The van der Waals surface area contributed by atoms with Crippen molar-refractivity contribution < 1.29 is 9.47 Å². The Morgan fingerprint density at radius 3 is 2.20 bits per heavy atom. The average molecular weight is 536 g/mol. The molecule has 0 radical (unpaired) electrons. The highest BCUT2D eigenvalue weighted by molar-refractivity contribution is 5.84. The number of aromatic nitrogens is 2. The Labute approximate surface area is 233 Å². The molecule has 5 N–H and O–H groups in total. The van der Waals surface area contributed by atoms with Crippen LogP contribution in [-0.4, -0.2) is 55.0 Å². The second-order valence-electron chi connectivity index (χ2n) is 9.03. The van der Waals surface area contributed by atoms with Crippen LogP contribution >= 0.6 is 0 Å². The predicted octanol–water partition coefficient (Wildman–Crippen LogP) is 4.08. The number of fused-ring (bicyclic) bond motifs is 2. The van der Waals surface area contributed by atoms with Crippen molar-refractivity contribution in [3.63, 3.8) is 0 Å². The minimum atomic E-state index is 0.0644. The number of hydrogen-bond acceptors (Lipinski definition) is 6. The lowest BCUT2D eigenvalue weighted by Gasteiger charge is -2.20. The van der Waals surface area contributed by atoms with E-state index in [1.165, 1.54) is 0 Å². The average Bonchev–Trinajstić information content (AvgIpc) is 2.98. The number of ether oxygens (including phenoxy) is 2. The second kappa shape index (κ2) is 13.4. The fraction of sp³-hybridized carbons (Fsp3) is 0.194. The molecule has 2 aliphatic rings. The highest BCUT2D eigenvalue weighted by atomic mass is 16.5. The SMILES string of the molecule is NC(N)=NCCOCCOCCN=c1cc2n(-c3ccccc3)c3ccccc3nc-2cc1Nc1ccccc1. The van der Waals surface area contributed by atoms with Crippen LogP contribution in [0.4, 0.5) is 11.4 Å². The van der Waals surface area contributed by atoms with Crippen LogP contribution in [0, 0.1) is 0 Å². The van der Waals surface area contributed by atoms with E-state index in [0.29, 0.717) is 39.5 Å². The van der Waals surface area contributed by atoms with Crippen molar-refractivity contribution in [2.45, 2.75) is 0 Å². The summed E-state index contributed by atoms with van der Waals surface area (Å²) < 4.78 is 13.5. The molecule has 0 saturated carbocycles. The Hall–Kier alpha value is -4.73. The summed E-state index contributed by atoms with van der Waals surface area (Å²) in [5, 5.41) is 4.36. The molecule has 0 saturated heterocycles. The van der Waals surface area contributed by atoms with Gasteiger partial charge < -0.3 is 30.8 Å². The van der Waals surface area contributed by atoms with E-state index in [1.54, 1.807) is 0 Å². The highest BCUT2D eigenvalue weighted by Crippen LogP contribution is 2.30. The Bertz CT molecular complexity index is 1600. The fourth-order valence-electron chi connectivity index (χ4n) is 4.40. The normalized spacial score (nSPS) is 11.7. The molecule has 0 bridgehead atoms. The van der Waals surface area contributed by atoms with Crippen molar-refractivity contribution in [3.8, 4) is 17.1 Å². The number of aliphatic imine (C=N–C) groups is 1. The predicted molar refractivity (Wildman–Crippen MR) is 160 cm³/mol. The summed E-state index contributed by atoms with van der Waals surface area (Å²) in [5.74, 6) is 0.0644. The van der Waals surface area contributed by atoms with Crippen molar-refractivity contribution in [2.75, 3.05) is 44.8 Å². The van der Waals surface area contributed by atoms with Gasteiger partial charge in [-0.25, -0.2) is 4.98 Å². The zero-order chi connectivity index (χ0) is 27.6. The minimum Gasteiger partial charge on any atom is -0.377 e. The first-order valence-corrected chi connectivity index (χ1v) is 13.2. The lowest BCUT2D eigenvalue weighted by molar-refractivity contribution is 0.0539. The van der Waals surface area contributed by atoms with Gasteiger partial charge in [0.2, 0.25) is 0 Å². The lowest BCUT2D eigenvalue weighted by Crippen LogP contribution is -2.23. The van der Waals surface area contributed by atoms with Gasteiger partial charge >= 0.3 is 0 Å². The monoisotopic (exact) mass is 535 g/mol. The Kier molecular flexibility index (Phi) is 8.98. The van der Waals surface area contributed by atoms with E-state index in [2.05, 4.69) is 45.2 Å². The Morgan fingerprint density at radius 1 is 0.775 bits per heavy atom. The zero-order valence-electron chi connectivity index (χ0n) is 22.2. The van der Waals surface area contributed by atoms with Crippen molar-refractivity contribution in [2.24, 2.45) is 21.5 Å². The van der Waals surface area contributed by atoms with E-state index in [-0.39, 0.29) is 5.96 Å². The molecule has 9 heteroatoms. The molecule has 204 valence electrons. The van der Waals surface area contributed by atoms with Crippen LogP contribution in [0.1, 0.15) is 0 Å². The largest absolute Gasteiger partial charge is 0.377 e. The van der Waals surface area contributed by atoms with Gasteiger partial charge in [-0.3, -0.25) is 9.98 Å². The molecule has 9 nitrogen and oxygen atoms in total. The molecule has 3 aromatic rings. The number of guanidine groups is 1. The number of nitrogens with zero attached hydrogens (tertiary/aromatic N) is 4. The number of hydrogen-bond donors (Lipinski definition) is 3. The van der Waals surface area contributed by atoms with Gasteiger partial charge in [0.1, 0.15) is 0 Å². The van der Waals surface area contributed by atoms with Crippen LogP contribution in [0.15, 0.2) is 107 Å². The number of para-hydroxylation sites is 4. The topological polar surface area (TPSA) is 125 Å². The molecule has 1 heterocycles. The van der Waals surface area contributed by atoms with Crippen LogP contribution in [-0.2, 0) is 9.47 Å². The molecule has 5 rings (SSSR count). The molecule has 3 aromatic carbocycles. The minimum absolute atomic E-state index is 0.0644. The molecule has 1 aliphatic carbocycles. The molecule has 0 spiro atoms. The molecule has 1 aliphatic heterocycles. The molecule has 0 aromatic heterocycles. The maximum absolute atomic E-state index is 5.74. The molecule has 0 amide bonds. The number of nitrogens with one attached hydrogen (secondary N) is 1. The summed E-state index contributed by atoms with van der Waals surface area (Å²) in [4.78, 5) is 13.8. The maximum atomic E-state index is 5.74. The number of rotatable bonds is 12.